The minimum Gasteiger partial charge on any atom is -0.271 e. The fourth-order valence-corrected chi connectivity index (χ4v) is 3.85. The first-order chi connectivity index (χ1) is 13.8. The van der Waals surface area contributed by atoms with Crippen LogP contribution in [0.25, 0.3) is 0 Å². The minimum atomic E-state index is -4.73. The number of carbonyl (C=O) groups is 1. The van der Waals surface area contributed by atoms with Crippen LogP contribution in [-0.2, 0) is 21.0 Å². The third-order valence-corrected chi connectivity index (χ3v) is 5.72. The number of sulfonamides is 1. The lowest BCUT2D eigenvalue weighted by molar-refractivity contribution is -0.137. The molecule has 0 aliphatic rings. The van der Waals surface area contributed by atoms with E-state index < -0.39 is 39.9 Å². The molecule has 0 spiro atoms. The Morgan fingerprint density at radius 1 is 1.13 bits per heavy atom. The highest BCUT2D eigenvalue weighted by molar-refractivity contribution is 7.92. The predicted molar refractivity (Wildman–Crippen MR) is 111 cm³/mol. The molecule has 0 atom stereocenters. The maximum absolute atomic E-state index is 13.0. The van der Waals surface area contributed by atoms with E-state index in [0.717, 1.165) is 18.5 Å². The van der Waals surface area contributed by atoms with Gasteiger partial charge in [0.25, 0.3) is 5.91 Å². The van der Waals surface area contributed by atoms with Gasteiger partial charge in [-0.25, -0.2) is 13.8 Å². The molecule has 0 unspecified atom stereocenters. The third kappa shape index (κ3) is 6.24. The number of carbonyl (C=O) groups excluding carboxylic acids is 1. The smallest absolute Gasteiger partial charge is 0.271 e. The molecule has 2 aromatic carbocycles. The van der Waals surface area contributed by atoms with Crippen molar-refractivity contribution in [1.29, 1.82) is 0 Å². The summed E-state index contributed by atoms with van der Waals surface area (Å²) in [6, 6.07) is 6.82. The Labute approximate surface area is 185 Å². The summed E-state index contributed by atoms with van der Waals surface area (Å²) in [6.07, 6.45) is -2.86. The van der Waals surface area contributed by atoms with E-state index in [9.17, 15) is 26.4 Å². The summed E-state index contributed by atoms with van der Waals surface area (Å²) < 4.78 is 63.6. The molecule has 1 amide bonds. The van der Waals surface area contributed by atoms with E-state index in [4.69, 9.17) is 34.8 Å². The van der Waals surface area contributed by atoms with Crippen LogP contribution in [0.15, 0.2) is 41.5 Å². The lowest BCUT2D eigenvalue weighted by atomic mass is 10.2. The zero-order valence-corrected chi connectivity index (χ0v) is 18.1. The molecule has 162 valence electrons. The van der Waals surface area contributed by atoms with Crippen LogP contribution in [0.4, 0.5) is 18.9 Å². The Bertz CT molecular complexity index is 1070. The Kier molecular flexibility index (Phi) is 7.62. The first-order valence-corrected chi connectivity index (χ1v) is 10.9. The van der Waals surface area contributed by atoms with Crippen LogP contribution < -0.4 is 9.73 Å². The van der Waals surface area contributed by atoms with Crippen LogP contribution >= 0.6 is 34.8 Å². The zero-order valence-electron chi connectivity index (χ0n) is 15.0. The highest BCUT2D eigenvalue weighted by Gasteiger charge is 2.33. The number of alkyl halides is 3. The van der Waals surface area contributed by atoms with Crippen LogP contribution in [0.3, 0.4) is 0 Å². The molecule has 0 aliphatic heterocycles. The molecule has 0 heterocycles. The number of nitrogens with one attached hydrogen (secondary N) is 1. The van der Waals surface area contributed by atoms with Crippen molar-refractivity contribution >= 4 is 62.6 Å². The van der Waals surface area contributed by atoms with Gasteiger partial charge in [-0.15, -0.1) is 0 Å². The van der Waals surface area contributed by atoms with E-state index in [2.05, 4.69) is 10.5 Å². The van der Waals surface area contributed by atoms with Crippen LogP contribution in [0, 0.1) is 0 Å². The van der Waals surface area contributed by atoms with E-state index >= 15 is 0 Å². The van der Waals surface area contributed by atoms with Gasteiger partial charge < -0.3 is 0 Å². The average Bonchev–Trinajstić information content (AvgIpc) is 2.61. The molecule has 6 nitrogen and oxygen atoms in total. The van der Waals surface area contributed by atoms with Crippen LogP contribution in [0.1, 0.15) is 11.1 Å². The molecule has 0 radical (unpaired) electrons. The van der Waals surface area contributed by atoms with Crippen molar-refractivity contribution < 1.29 is 26.4 Å². The number of hydrogen-bond donors (Lipinski definition) is 1. The molecule has 0 aromatic heterocycles. The second kappa shape index (κ2) is 9.42. The van der Waals surface area contributed by atoms with Crippen molar-refractivity contribution in [3.05, 3.63) is 62.6 Å². The number of hydrogen-bond acceptors (Lipinski definition) is 4. The van der Waals surface area contributed by atoms with E-state index in [1.807, 2.05) is 0 Å². The van der Waals surface area contributed by atoms with Gasteiger partial charge in [-0.1, -0.05) is 40.9 Å². The molecule has 0 saturated carbocycles. The molecule has 0 aliphatic carbocycles. The molecule has 2 aromatic rings. The van der Waals surface area contributed by atoms with Gasteiger partial charge in [0, 0.05) is 5.56 Å². The molecule has 30 heavy (non-hydrogen) atoms. The zero-order chi connectivity index (χ0) is 22.7. The van der Waals surface area contributed by atoms with Gasteiger partial charge in [0.15, 0.2) is 0 Å². The van der Waals surface area contributed by atoms with Crippen LogP contribution in [0.5, 0.6) is 0 Å². The third-order valence-electron chi connectivity index (χ3n) is 3.61. The quantitative estimate of drug-likeness (QED) is 0.464. The second-order valence-corrected chi connectivity index (χ2v) is 8.99. The van der Waals surface area contributed by atoms with Crippen molar-refractivity contribution in [1.82, 2.24) is 5.43 Å². The van der Waals surface area contributed by atoms with E-state index in [-0.39, 0.29) is 15.1 Å². The molecule has 0 bridgehead atoms. The van der Waals surface area contributed by atoms with Crippen molar-refractivity contribution in [2.24, 2.45) is 5.10 Å². The number of benzene rings is 2. The van der Waals surface area contributed by atoms with Gasteiger partial charge in [0.1, 0.15) is 6.54 Å². The minimum absolute atomic E-state index is 0.258. The summed E-state index contributed by atoms with van der Waals surface area (Å²) in [5, 5.41) is 3.88. The van der Waals surface area contributed by atoms with Crippen LogP contribution in [-0.4, -0.2) is 33.3 Å². The summed E-state index contributed by atoms with van der Waals surface area (Å²) in [7, 11) is -4.16. The van der Waals surface area contributed by atoms with Gasteiger partial charge >= 0.3 is 6.18 Å². The highest BCUT2D eigenvalue weighted by atomic mass is 35.5. The van der Waals surface area contributed by atoms with Gasteiger partial charge in [-0.2, -0.15) is 18.3 Å². The summed E-state index contributed by atoms with van der Waals surface area (Å²) in [4.78, 5) is 12.2. The highest BCUT2D eigenvalue weighted by Crippen LogP contribution is 2.36. The summed E-state index contributed by atoms with van der Waals surface area (Å²) in [5.41, 5.74) is 0.751. The number of hydrazone groups is 1. The van der Waals surface area contributed by atoms with E-state index in [0.29, 0.717) is 22.0 Å². The normalized spacial score (nSPS) is 12.2. The van der Waals surface area contributed by atoms with Crippen molar-refractivity contribution in [3.63, 3.8) is 0 Å². The van der Waals surface area contributed by atoms with Gasteiger partial charge in [0.2, 0.25) is 10.0 Å². The van der Waals surface area contributed by atoms with Crippen molar-refractivity contribution in [2.75, 3.05) is 17.1 Å². The number of amides is 1. The number of halogens is 6. The number of nitrogens with zero attached hydrogens (tertiary/aromatic N) is 2. The molecule has 2 rings (SSSR count). The maximum atomic E-state index is 13.0. The van der Waals surface area contributed by atoms with Gasteiger partial charge in [-0.05, 0) is 30.3 Å². The SMILES string of the molecule is CS(=O)(=O)N(CC(=O)NN=Cc1c(Cl)cccc1Cl)c1cc(C(F)(F)F)ccc1Cl. The number of rotatable bonds is 6. The second-order valence-electron chi connectivity index (χ2n) is 5.86. The molecular weight excluding hydrogens is 490 g/mol. The number of anilines is 1. The molecule has 13 heteroatoms. The first-order valence-electron chi connectivity index (χ1n) is 7.91. The summed E-state index contributed by atoms with van der Waals surface area (Å²) in [5.74, 6) is -0.937. The Morgan fingerprint density at radius 3 is 2.27 bits per heavy atom. The average molecular weight is 503 g/mol. The molecular formula is C17H13Cl3F3N3O3S. The van der Waals surface area contributed by atoms with E-state index in [1.165, 1.54) is 12.1 Å². The summed E-state index contributed by atoms with van der Waals surface area (Å²) >= 11 is 17.8. The monoisotopic (exact) mass is 501 g/mol. The first kappa shape index (κ1) is 24.3. The lowest BCUT2D eigenvalue weighted by Gasteiger charge is -2.23. The fourth-order valence-electron chi connectivity index (χ4n) is 2.23. The topological polar surface area (TPSA) is 78.8 Å². The predicted octanol–water partition coefficient (Wildman–Crippen LogP) is 4.58. The lowest BCUT2D eigenvalue weighted by Crippen LogP contribution is -2.39. The Morgan fingerprint density at radius 2 is 1.73 bits per heavy atom. The van der Waals surface area contributed by atoms with Crippen LogP contribution in [0.2, 0.25) is 15.1 Å². The largest absolute Gasteiger partial charge is 0.416 e. The molecule has 1 N–H and O–H groups in total. The molecule has 0 fully saturated rings. The molecule has 0 saturated heterocycles. The van der Waals surface area contributed by atoms with Crippen molar-refractivity contribution in [2.45, 2.75) is 6.18 Å². The standard InChI is InChI=1S/C17H13Cl3F3N3O3S/c1-30(28,29)26(15-7-10(17(21,22)23)5-6-14(15)20)9-16(27)25-24-8-11-12(18)3-2-4-13(11)19/h2-8H,9H2,1H3,(H,25,27). The maximum Gasteiger partial charge on any atom is 0.416 e. The fraction of sp³-hybridized carbons (Fsp3) is 0.176. The van der Waals surface area contributed by atoms with Gasteiger partial charge in [-0.3, -0.25) is 9.10 Å². The summed E-state index contributed by atoms with van der Waals surface area (Å²) in [6.45, 7) is -0.868. The van der Waals surface area contributed by atoms with Crippen molar-refractivity contribution in [3.8, 4) is 0 Å². The van der Waals surface area contributed by atoms with E-state index in [1.54, 1.807) is 6.07 Å². The Hall–Kier alpha value is -2.01. The Balaban J connectivity index is 2.26. The van der Waals surface area contributed by atoms with Gasteiger partial charge in [0.05, 0.1) is 38.8 Å².